The number of hydrogen-bond acceptors (Lipinski definition) is 8. The van der Waals surface area contributed by atoms with E-state index in [4.69, 9.17) is 21.1 Å². The summed E-state index contributed by atoms with van der Waals surface area (Å²) >= 11 is 5.83. The maximum atomic E-state index is 12.8. The molecule has 0 saturated carbocycles. The second-order valence-corrected chi connectivity index (χ2v) is 8.28. The molecule has 170 valence electrons. The van der Waals surface area contributed by atoms with E-state index in [1.165, 1.54) is 11.8 Å². The van der Waals surface area contributed by atoms with Crippen LogP contribution in [0.25, 0.3) is 0 Å². The predicted octanol–water partition coefficient (Wildman–Crippen LogP) is 2.94. The summed E-state index contributed by atoms with van der Waals surface area (Å²) in [5, 5.41) is 11.5. The minimum absolute atomic E-state index is 0.0127. The number of amides is 2. The van der Waals surface area contributed by atoms with Crippen LogP contribution in [0.3, 0.4) is 0 Å². The zero-order valence-electron chi connectivity index (χ0n) is 17.8. The highest BCUT2D eigenvalue weighted by Gasteiger charge is 2.39. The predicted molar refractivity (Wildman–Crippen MR) is 111 cm³/mol. The number of piperidine rings is 1. The Labute approximate surface area is 184 Å². The van der Waals surface area contributed by atoms with Crippen LogP contribution < -0.4 is 4.90 Å². The van der Waals surface area contributed by atoms with E-state index in [0.717, 1.165) is 17.2 Å². The molecule has 0 N–H and O–H groups in total. The summed E-state index contributed by atoms with van der Waals surface area (Å²) in [6.07, 6.45) is 1.17. The Hall–Kier alpha value is -2.95. The molecule has 1 aromatic heterocycles. The monoisotopic (exact) mass is 456 g/mol. The topological polar surface area (TPSA) is 132 Å². The van der Waals surface area contributed by atoms with Crippen LogP contribution >= 0.6 is 11.6 Å². The second kappa shape index (κ2) is 9.90. The summed E-state index contributed by atoms with van der Waals surface area (Å²) in [5.74, 6) is -2.53. The van der Waals surface area contributed by atoms with E-state index in [2.05, 4.69) is 4.98 Å². The third-order valence-electron chi connectivity index (χ3n) is 4.39. The van der Waals surface area contributed by atoms with Gasteiger partial charge in [0.1, 0.15) is 5.60 Å². The van der Waals surface area contributed by atoms with Gasteiger partial charge in [0, 0.05) is 31.4 Å². The quantitative estimate of drug-likeness (QED) is 0.292. The number of rotatable bonds is 4. The Bertz CT molecular complexity index is 863. The summed E-state index contributed by atoms with van der Waals surface area (Å²) in [7, 11) is 0. The van der Waals surface area contributed by atoms with Gasteiger partial charge in [0.25, 0.3) is 0 Å². The van der Waals surface area contributed by atoms with Crippen molar-refractivity contribution >= 4 is 41.1 Å². The first kappa shape index (κ1) is 24.3. The Morgan fingerprint density at radius 1 is 1.32 bits per heavy atom. The SMILES string of the molecule is CCOC(=O)C(=O)N(c1ncc(Cl)cc1[N+](=O)[O-])C1CCN(C(=O)OC(C)(C)C)CC1. The number of likely N-dealkylation sites (tertiary alicyclic amines) is 1. The van der Waals surface area contributed by atoms with Crippen LogP contribution in [0.1, 0.15) is 40.5 Å². The van der Waals surface area contributed by atoms with Gasteiger partial charge in [-0.05, 0) is 40.5 Å². The van der Waals surface area contributed by atoms with Gasteiger partial charge < -0.3 is 14.4 Å². The molecule has 1 aliphatic rings. The summed E-state index contributed by atoms with van der Waals surface area (Å²) in [6.45, 7) is 7.22. The lowest BCUT2D eigenvalue weighted by Crippen LogP contribution is -2.52. The average molecular weight is 457 g/mol. The molecule has 11 nitrogen and oxygen atoms in total. The zero-order chi connectivity index (χ0) is 23.3. The molecule has 2 rings (SSSR count). The normalized spacial score (nSPS) is 14.7. The highest BCUT2D eigenvalue weighted by atomic mass is 35.5. The van der Waals surface area contributed by atoms with Crippen LogP contribution in [0.2, 0.25) is 5.02 Å². The first-order chi connectivity index (χ1) is 14.4. The molecule has 0 atom stereocenters. The standard InChI is InChI=1S/C19H25ClN4O7/c1-5-30-17(26)16(25)23(15-14(24(28)29)10-12(20)11-21-15)13-6-8-22(9-7-13)18(27)31-19(2,3)4/h10-11,13H,5-9H2,1-4H3. The van der Waals surface area contributed by atoms with E-state index in [1.807, 2.05) is 0 Å². The van der Waals surface area contributed by atoms with Crippen molar-refractivity contribution in [1.29, 1.82) is 0 Å². The third kappa shape index (κ3) is 6.27. The number of esters is 1. The van der Waals surface area contributed by atoms with Gasteiger partial charge in [-0.25, -0.2) is 14.6 Å². The summed E-state index contributed by atoms with van der Waals surface area (Å²) < 4.78 is 10.2. The molecule has 1 fully saturated rings. The van der Waals surface area contributed by atoms with Crippen molar-refractivity contribution in [1.82, 2.24) is 9.88 Å². The van der Waals surface area contributed by atoms with Crippen molar-refractivity contribution in [2.75, 3.05) is 24.6 Å². The Morgan fingerprint density at radius 3 is 2.45 bits per heavy atom. The number of nitrogens with zero attached hydrogens (tertiary/aromatic N) is 4. The molecule has 0 radical (unpaired) electrons. The van der Waals surface area contributed by atoms with Crippen molar-refractivity contribution in [3.63, 3.8) is 0 Å². The molecule has 31 heavy (non-hydrogen) atoms. The Kier molecular flexibility index (Phi) is 7.77. The first-order valence-corrected chi connectivity index (χ1v) is 10.1. The lowest BCUT2D eigenvalue weighted by atomic mass is 10.0. The van der Waals surface area contributed by atoms with E-state index in [-0.39, 0.29) is 43.4 Å². The van der Waals surface area contributed by atoms with Crippen LogP contribution in [-0.2, 0) is 19.1 Å². The van der Waals surface area contributed by atoms with E-state index in [9.17, 15) is 24.5 Å². The van der Waals surface area contributed by atoms with Crippen molar-refractivity contribution in [3.8, 4) is 0 Å². The fraction of sp³-hybridized carbons (Fsp3) is 0.579. The average Bonchev–Trinajstić information content (AvgIpc) is 2.68. The van der Waals surface area contributed by atoms with Gasteiger partial charge in [0.05, 0.1) is 16.6 Å². The number of nitro groups is 1. The molecule has 1 aromatic rings. The summed E-state index contributed by atoms with van der Waals surface area (Å²) in [5.41, 5.74) is -1.17. The number of ether oxygens (including phenoxy) is 2. The van der Waals surface area contributed by atoms with Crippen LogP contribution in [0.4, 0.5) is 16.3 Å². The van der Waals surface area contributed by atoms with Crippen molar-refractivity contribution in [2.45, 2.75) is 52.2 Å². The maximum Gasteiger partial charge on any atom is 0.410 e. The fourth-order valence-corrected chi connectivity index (χ4v) is 3.25. The minimum Gasteiger partial charge on any atom is -0.459 e. The van der Waals surface area contributed by atoms with Gasteiger partial charge in [-0.15, -0.1) is 0 Å². The van der Waals surface area contributed by atoms with Gasteiger partial charge in [-0.2, -0.15) is 0 Å². The van der Waals surface area contributed by atoms with E-state index in [1.54, 1.807) is 20.8 Å². The third-order valence-corrected chi connectivity index (χ3v) is 4.60. The number of carbonyl (C=O) groups excluding carboxylic acids is 3. The minimum atomic E-state index is -1.15. The number of aromatic nitrogens is 1. The zero-order valence-corrected chi connectivity index (χ0v) is 18.5. The van der Waals surface area contributed by atoms with Gasteiger partial charge in [-0.3, -0.25) is 19.8 Å². The highest BCUT2D eigenvalue weighted by Crippen LogP contribution is 2.32. The first-order valence-electron chi connectivity index (χ1n) is 9.72. The van der Waals surface area contributed by atoms with Crippen molar-refractivity contribution in [3.05, 3.63) is 27.4 Å². The highest BCUT2D eigenvalue weighted by molar-refractivity contribution is 6.38. The molecule has 1 saturated heterocycles. The maximum absolute atomic E-state index is 12.8. The smallest absolute Gasteiger partial charge is 0.410 e. The molecular formula is C19H25ClN4O7. The molecule has 0 bridgehead atoms. The Morgan fingerprint density at radius 2 is 1.94 bits per heavy atom. The largest absolute Gasteiger partial charge is 0.459 e. The second-order valence-electron chi connectivity index (χ2n) is 7.85. The number of pyridine rings is 1. The molecule has 0 aromatic carbocycles. The van der Waals surface area contributed by atoms with Crippen LogP contribution in [0.5, 0.6) is 0 Å². The molecular weight excluding hydrogens is 432 g/mol. The fourth-order valence-electron chi connectivity index (χ4n) is 3.10. The van der Waals surface area contributed by atoms with E-state index >= 15 is 0 Å². The Balaban J connectivity index is 2.32. The van der Waals surface area contributed by atoms with Crippen molar-refractivity contribution in [2.24, 2.45) is 0 Å². The van der Waals surface area contributed by atoms with Crippen LogP contribution in [0.15, 0.2) is 12.3 Å². The number of hydrogen-bond donors (Lipinski definition) is 0. The van der Waals surface area contributed by atoms with Crippen LogP contribution in [0, 0.1) is 10.1 Å². The molecule has 0 aliphatic carbocycles. The molecule has 2 amide bonds. The molecule has 0 unspecified atom stereocenters. The lowest BCUT2D eigenvalue weighted by Gasteiger charge is -2.37. The lowest BCUT2D eigenvalue weighted by molar-refractivity contribution is -0.384. The number of carbonyl (C=O) groups is 3. The van der Waals surface area contributed by atoms with Gasteiger partial charge >= 0.3 is 23.7 Å². The number of halogens is 1. The van der Waals surface area contributed by atoms with Gasteiger partial charge in [0.2, 0.25) is 5.82 Å². The molecule has 0 spiro atoms. The number of anilines is 1. The van der Waals surface area contributed by atoms with Gasteiger partial charge in [-0.1, -0.05) is 11.6 Å². The molecule has 2 heterocycles. The molecule has 12 heteroatoms. The van der Waals surface area contributed by atoms with Crippen LogP contribution in [-0.4, -0.2) is 64.1 Å². The summed E-state index contributed by atoms with van der Waals surface area (Å²) in [4.78, 5) is 54.5. The van der Waals surface area contributed by atoms with Gasteiger partial charge in [0.15, 0.2) is 0 Å². The molecule has 1 aliphatic heterocycles. The van der Waals surface area contributed by atoms with E-state index in [0.29, 0.717) is 0 Å². The van der Waals surface area contributed by atoms with E-state index < -0.39 is 40.2 Å². The summed E-state index contributed by atoms with van der Waals surface area (Å²) in [6, 6.07) is 0.438. The van der Waals surface area contributed by atoms with Crippen molar-refractivity contribution < 1.29 is 28.8 Å².